The molecule has 1 saturated heterocycles. The van der Waals surface area contributed by atoms with Crippen molar-refractivity contribution in [3.05, 3.63) is 54.1 Å². The molecule has 0 saturated carbocycles. The monoisotopic (exact) mass is 450 g/mol. The van der Waals surface area contributed by atoms with Crippen LogP contribution in [0.3, 0.4) is 0 Å². The SMILES string of the molecule is CC(=O)c1cc(F)c2nnc(Sc3ccc4ncc(N5CC[C@H](N(C)C)C5)cc4c3)n2c1. The second-order valence-electron chi connectivity index (χ2n) is 8.31. The first-order valence-corrected chi connectivity index (χ1v) is 11.2. The van der Waals surface area contributed by atoms with Crippen molar-refractivity contribution >= 4 is 39.8 Å². The third-order valence-corrected chi connectivity index (χ3v) is 6.89. The van der Waals surface area contributed by atoms with Crippen molar-refractivity contribution in [1.29, 1.82) is 0 Å². The average molecular weight is 451 g/mol. The summed E-state index contributed by atoms with van der Waals surface area (Å²) in [6, 6.07) is 9.91. The van der Waals surface area contributed by atoms with Gasteiger partial charge in [-0.1, -0.05) is 0 Å². The standard InChI is InChI=1S/C23H23FN6OS/c1-14(31)16-10-20(24)22-26-27-23(30(22)12-16)32-19-4-5-21-15(9-19)8-18(11-25-21)29-7-6-17(13-29)28(2)3/h4-5,8-12,17H,6-7,13H2,1-3H3/t17-/m0/s1. The zero-order chi connectivity index (χ0) is 22.4. The summed E-state index contributed by atoms with van der Waals surface area (Å²) < 4.78 is 15.9. The Hall–Kier alpha value is -3.04. The smallest absolute Gasteiger partial charge is 0.200 e. The molecule has 0 unspecified atom stereocenters. The molecule has 0 aliphatic carbocycles. The first-order chi connectivity index (χ1) is 15.4. The van der Waals surface area contributed by atoms with Crippen LogP contribution in [0.1, 0.15) is 23.7 Å². The highest BCUT2D eigenvalue weighted by Crippen LogP contribution is 2.31. The molecule has 3 aromatic heterocycles. The topological polar surface area (TPSA) is 66.6 Å². The quantitative estimate of drug-likeness (QED) is 0.427. The zero-order valence-corrected chi connectivity index (χ0v) is 18.9. The van der Waals surface area contributed by atoms with Crippen LogP contribution in [0.15, 0.2) is 52.8 Å². The van der Waals surface area contributed by atoms with Crippen LogP contribution in [-0.4, -0.2) is 63.5 Å². The molecule has 9 heteroatoms. The van der Waals surface area contributed by atoms with Crippen LogP contribution in [-0.2, 0) is 0 Å². The van der Waals surface area contributed by atoms with E-state index in [1.54, 1.807) is 6.20 Å². The van der Waals surface area contributed by atoms with Crippen molar-refractivity contribution in [2.45, 2.75) is 29.4 Å². The molecule has 164 valence electrons. The summed E-state index contributed by atoms with van der Waals surface area (Å²) in [7, 11) is 4.24. The molecule has 1 aromatic carbocycles. The lowest BCUT2D eigenvalue weighted by Gasteiger charge is -2.21. The number of pyridine rings is 2. The summed E-state index contributed by atoms with van der Waals surface area (Å²) in [4.78, 5) is 22.0. The number of likely N-dealkylation sites (N-methyl/N-ethyl adjacent to an activating group) is 1. The Morgan fingerprint density at radius 2 is 2.06 bits per heavy atom. The largest absolute Gasteiger partial charge is 0.369 e. The molecule has 0 N–H and O–H groups in total. The van der Waals surface area contributed by atoms with Gasteiger partial charge >= 0.3 is 0 Å². The molecular weight excluding hydrogens is 427 g/mol. The van der Waals surface area contributed by atoms with Crippen molar-refractivity contribution in [3.8, 4) is 0 Å². The van der Waals surface area contributed by atoms with Gasteiger partial charge in [0.1, 0.15) is 0 Å². The van der Waals surface area contributed by atoms with Crippen molar-refractivity contribution in [2.75, 3.05) is 32.1 Å². The van der Waals surface area contributed by atoms with Gasteiger partial charge in [0, 0.05) is 41.2 Å². The number of Topliss-reactive ketones (excluding diaryl/α,β-unsaturated/α-hetero) is 1. The van der Waals surface area contributed by atoms with Gasteiger partial charge in [0.15, 0.2) is 17.2 Å². The molecule has 0 spiro atoms. The number of nitrogens with zero attached hydrogens (tertiary/aromatic N) is 6. The highest BCUT2D eigenvalue weighted by molar-refractivity contribution is 7.99. The maximum atomic E-state index is 14.3. The normalized spacial score (nSPS) is 16.5. The van der Waals surface area contributed by atoms with Crippen LogP contribution in [0.5, 0.6) is 0 Å². The lowest BCUT2D eigenvalue weighted by molar-refractivity contribution is 0.101. The summed E-state index contributed by atoms with van der Waals surface area (Å²) in [6.07, 6.45) is 4.66. The van der Waals surface area contributed by atoms with Crippen molar-refractivity contribution in [2.24, 2.45) is 0 Å². The lowest BCUT2D eigenvalue weighted by Crippen LogP contribution is -2.31. The molecule has 0 radical (unpaired) electrons. The summed E-state index contributed by atoms with van der Waals surface area (Å²) in [5.74, 6) is -0.774. The Labute approximate surface area is 189 Å². The fraction of sp³-hybridized carbons (Fsp3) is 0.304. The fourth-order valence-corrected chi connectivity index (χ4v) is 4.89. The minimum Gasteiger partial charge on any atom is -0.369 e. The minimum atomic E-state index is -0.564. The van der Waals surface area contributed by atoms with Crippen LogP contribution < -0.4 is 4.90 Å². The van der Waals surface area contributed by atoms with Crippen LogP contribution in [0.2, 0.25) is 0 Å². The first kappa shape index (κ1) is 20.8. The molecule has 7 nitrogen and oxygen atoms in total. The van der Waals surface area contributed by atoms with E-state index in [1.807, 2.05) is 18.3 Å². The van der Waals surface area contributed by atoms with Gasteiger partial charge < -0.3 is 9.80 Å². The number of anilines is 1. The summed E-state index contributed by atoms with van der Waals surface area (Å²) >= 11 is 1.37. The molecule has 4 aromatic rings. The van der Waals surface area contributed by atoms with E-state index in [9.17, 15) is 9.18 Å². The van der Waals surface area contributed by atoms with Crippen molar-refractivity contribution < 1.29 is 9.18 Å². The molecular formula is C23H23FN6OS. The summed E-state index contributed by atoms with van der Waals surface area (Å²) in [6.45, 7) is 3.41. The number of hydrogen-bond donors (Lipinski definition) is 0. The van der Waals surface area contributed by atoms with Crippen LogP contribution in [0.25, 0.3) is 16.6 Å². The van der Waals surface area contributed by atoms with E-state index in [0.717, 1.165) is 41.0 Å². The Morgan fingerprint density at radius 1 is 1.22 bits per heavy atom. The number of carbonyl (C=O) groups excluding carboxylic acids is 1. The Balaban J connectivity index is 1.46. The van der Waals surface area contributed by atoms with Crippen LogP contribution >= 0.6 is 11.8 Å². The number of rotatable bonds is 5. The van der Waals surface area contributed by atoms with E-state index < -0.39 is 5.82 Å². The molecule has 0 amide bonds. The van der Waals surface area contributed by atoms with E-state index >= 15 is 0 Å². The van der Waals surface area contributed by atoms with Gasteiger partial charge in [-0.25, -0.2) is 4.39 Å². The van der Waals surface area contributed by atoms with Gasteiger partial charge in [-0.3, -0.25) is 14.2 Å². The van der Waals surface area contributed by atoms with E-state index in [2.05, 4.69) is 51.2 Å². The number of carbonyl (C=O) groups is 1. The van der Waals surface area contributed by atoms with Crippen molar-refractivity contribution in [3.63, 3.8) is 0 Å². The Morgan fingerprint density at radius 3 is 2.81 bits per heavy atom. The van der Waals surface area contributed by atoms with Crippen molar-refractivity contribution in [1.82, 2.24) is 24.5 Å². The third-order valence-electron chi connectivity index (χ3n) is 5.94. The number of benzene rings is 1. The van der Waals surface area contributed by atoms with Gasteiger partial charge in [0.05, 0.1) is 17.4 Å². The minimum absolute atomic E-state index is 0.103. The highest BCUT2D eigenvalue weighted by atomic mass is 32.2. The third kappa shape index (κ3) is 3.82. The predicted molar refractivity (Wildman–Crippen MR) is 123 cm³/mol. The number of hydrogen-bond acceptors (Lipinski definition) is 7. The van der Waals surface area contributed by atoms with Gasteiger partial charge in [0.2, 0.25) is 5.16 Å². The maximum Gasteiger partial charge on any atom is 0.200 e. The molecule has 32 heavy (non-hydrogen) atoms. The molecule has 4 heterocycles. The number of fused-ring (bicyclic) bond motifs is 2. The number of halogens is 1. The van der Waals surface area contributed by atoms with Gasteiger partial charge in [-0.15, -0.1) is 10.2 Å². The molecule has 1 fully saturated rings. The fourth-order valence-electron chi connectivity index (χ4n) is 4.03. The van der Waals surface area contributed by atoms with Crippen LogP contribution in [0.4, 0.5) is 10.1 Å². The zero-order valence-electron chi connectivity index (χ0n) is 18.1. The highest BCUT2D eigenvalue weighted by Gasteiger charge is 2.24. The maximum absolute atomic E-state index is 14.3. The average Bonchev–Trinajstić information content (AvgIpc) is 3.41. The molecule has 5 rings (SSSR count). The van der Waals surface area contributed by atoms with Crippen LogP contribution in [0, 0.1) is 5.82 Å². The number of aromatic nitrogens is 4. The van der Waals surface area contributed by atoms with E-state index in [1.165, 1.54) is 29.2 Å². The summed E-state index contributed by atoms with van der Waals surface area (Å²) in [5, 5.41) is 9.61. The van der Waals surface area contributed by atoms with Gasteiger partial charge in [-0.2, -0.15) is 0 Å². The molecule has 1 aliphatic rings. The van der Waals surface area contributed by atoms with E-state index in [0.29, 0.717) is 11.2 Å². The second-order valence-corrected chi connectivity index (χ2v) is 9.35. The predicted octanol–water partition coefficient (Wildman–Crippen LogP) is 3.91. The second kappa shape index (κ2) is 8.14. The Kier molecular flexibility index (Phi) is 5.30. The molecule has 0 bridgehead atoms. The number of ketones is 1. The van der Waals surface area contributed by atoms with E-state index in [4.69, 9.17) is 0 Å². The van der Waals surface area contributed by atoms with Gasteiger partial charge in [0.25, 0.3) is 0 Å². The van der Waals surface area contributed by atoms with E-state index in [-0.39, 0.29) is 17.0 Å². The van der Waals surface area contributed by atoms with Gasteiger partial charge in [-0.05, 0) is 69.5 Å². The lowest BCUT2D eigenvalue weighted by atomic mass is 10.2. The summed E-state index contributed by atoms with van der Waals surface area (Å²) in [5.41, 5.74) is 2.42. The molecule has 1 atom stereocenters. The Bertz CT molecular complexity index is 1340. The first-order valence-electron chi connectivity index (χ1n) is 10.4. The molecule has 1 aliphatic heterocycles.